The minimum Gasteiger partial charge on any atom is -0.230 e. The molecule has 23 heteroatoms. The van der Waals surface area contributed by atoms with Gasteiger partial charge in [0, 0.05) is 22.2 Å². The molecule has 0 atom stereocenters. The first-order valence-corrected chi connectivity index (χ1v) is 17.9. The predicted molar refractivity (Wildman–Crippen MR) is 193 cm³/mol. The van der Waals surface area contributed by atoms with Gasteiger partial charge in [-0.15, -0.1) is 21.9 Å². The van der Waals surface area contributed by atoms with E-state index in [4.69, 9.17) is 4.84 Å². The SMILES string of the molecule is Fc1c(F)c(F)c([B-](c2c(F)c(F)c(F)c(F)c2F)(c2c(F)c(F)c(F)c(F)c2F)c2c(F)c(F)c(F)c(F)c2F)c(F)c1F.c1ccc2c(O[n+]3cccc4ccccc43)cccc2c1. The average Bonchev–Trinajstić information content (AvgIpc) is 3.31. The van der Waals surface area contributed by atoms with Crippen molar-refractivity contribution in [3.8, 4) is 5.75 Å². The summed E-state index contributed by atoms with van der Waals surface area (Å²) >= 11 is 0. The summed E-state index contributed by atoms with van der Waals surface area (Å²) in [6.07, 6.45) is -5.28. The fourth-order valence-corrected chi connectivity index (χ4v) is 7.47. The number of nitrogens with zero attached hydrogens (tertiary/aromatic N) is 1. The standard InChI is InChI=1S/C24BF20.C19H14NO/c26-5-1(6(27)14(35)21(42)13(5)34)25(2-7(28)15(36)22(43)16(37)8(2)29,3-9(30)17(38)23(44)18(39)10(3)31)4-11(32)19(40)24(45)20(41)12(4)33;1-3-11-17-15(7-1)9-5-13-19(17)21-20-14-6-10-16-8-2-4-12-18(16)20/h;1-14H/q-1;+1. The number of halogens is 20. The van der Waals surface area contributed by atoms with Crippen molar-refractivity contribution < 1.29 is 97.4 Å². The van der Waals surface area contributed by atoms with Crippen LogP contribution in [0.3, 0.4) is 0 Å². The van der Waals surface area contributed by atoms with Gasteiger partial charge in [0.1, 0.15) is 52.7 Å². The van der Waals surface area contributed by atoms with Crippen molar-refractivity contribution in [2.75, 3.05) is 0 Å². The van der Waals surface area contributed by atoms with E-state index >= 15 is 35.1 Å². The summed E-state index contributed by atoms with van der Waals surface area (Å²) in [5.41, 5.74) is -13.3. The molecule has 0 bridgehead atoms. The van der Waals surface area contributed by atoms with Crippen molar-refractivity contribution >= 4 is 49.7 Å². The third-order valence-electron chi connectivity index (χ3n) is 10.3. The van der Waals surface area contributed by atoms with Crippen molar-refractivity contribution in [1.29, 1.82) is 0 Å². The van der Waals surface area contributed by atoms with Gasteiger partial charge in [-0.05, 0) is 23.6 Å². The lowest BCUT2D eigenvalue weighted by Crippen LogP contribution is -2.81. The van der Waals surface area contributed by atoms with Crippen LogP contribution in [0.1, 0.15) is 0 Å². The van der Waals surface area contributed by atoms with Crippen LogP contribution in [0.5, 0.6) is 5.75 Å². The Morgan fingerprint density at radius 2 is 0.576 bits per heavy atom. The molecule has 0 fully saturated rings. The van der Waals surface area contributed by atoms with Gasteiger partial charge in [-0.25, -0.2) is 92.6 Å². The molecule has 0 saturated carbocycles. The number of hydrogen-bond acceptors (Lipinski definition) is 1. The molecule has 340 valence electrons. The third kappa shape index (κ3) is 6.98. The molecule has 0 saturated heterocycles. The van der Waals surface area contributed by atoms with Crippen molar-refractivity contribution in [1.82, 2.24) is 0 Å². The molecule has 1 heterocycles. The van der Waals surface area contributed by atoms with Gasteiger partial charge < -0.3 is 0 Å². The lowest BCUT2D eigenvalue weighted by atomic mass is 9.12. The summed E-state index contributed by atoms with van der Waals surface area (Å²) in [6, 6.07) is 26.6. The normalized spacial score (nSPS) is 11.6. The molecule has 8 rings (SSSR count). The Hall–Kier alpha value is -7.33. The average molecular weight is 951 g/mol. The quantitative estimate of drug-likeness (QED) is 0.0533. The Morgan fingerprint density at radius 3 is 0.955 bits per heavy atom. The van der Waals surface area contributed by atoms with E-state index in [9.17, 15) is 52.7 Å². The summed E-state index contributed by atoms with van der Waals surface area (Å²) in [7, 11) is 0. The molecule has 2 nitrogen and oxygen atoms in total. The third-order valence-corrected chi connectivity index (χ3v) is 10.3. The Balaban J connectivity index is 0.000000254. The molecule has 0 aliphatic carbocycles. The number of fused-ring (bicyclic) bond motifs is 2. The number of hydrogen-bond donors (Lipinski definition) is 0. The van der Waals surface area contributed by atoms with Crippen LogP contribution in [-0.2, 0) is 0 Å². The van der Waals surface area contributed by atoms with Gasteiger partial charge in [0.05, 0.1) is 5.39 Å². The Labute approximate surface area is 354 Å². The highest BCUT2D eigenvalue weighted by molar-refractivity contribution is 7.20. The summed E-state index contributed by atoms with van der Waals surface area (Å²) < 4.78 is 296. The van der Waals surface area contributed by atoms with Gasteiger partial charge in [0.15, 0.2) is 69.8 Å². The predicted octanol–water partition coefficient (Wildman–Crippen LogP) is 9.97. The molecule has 0 aliphatic rings. The smallest absolute Gasteiger partial charge is 0.230 e. The fourth-order valence-electron chi connectivity index (χ4n) is 7.47. The van der Waals surface area contributed by atoms with Crippen molar-refractivity contribution in [2.24, 2.45) is 0 Å². The van der Waals surface area contributed by atoms with E-state index < -0.39 is 144 Å². The zero-order chi connectivity index (χ0) is 48.4. The molecular formula is C43H14BF20NO. The van der Waals surface area contributed by atoms with E-state index in [0.717, 1.165) is 22.0 Å². The lowest BCUT2D eigenvalue weighted by molar-refractivity contribution is -0.854. The monoisotopic (exact) mass is 951 g/mol. The molecule has 0 spiro atoms. The lowest BCUT2D eigenvalue weighted by Gasteiger charge is -2.44. The minimum atomic E-state index is -7.22. The maximum Gasteiger partial charge on any atom is 0.265 e. The number of rotatable bonds is 6. The first-order chi connectivity index (χ1) is 31.1. The molecule has 0 amide bonds. The molecule has 0 radical (unpaired) electrons. The van der Waals surface area contributed by atoms with E-state index in [2.05, 4.69) is 36.4 Å². The first kappa shape index (κ1) is 46.7. The largest absolute Gasteiger partial charge is 0.265 e. The van der Waals surface area contributed by atoms with E-state index in [1.807, 2.05) is 53.4 Å². The van der Waals surface area contributed by atoms with Crippen molar-refractivity contribution in [2.45, 2.75) is 0 Å². The second-order valence-corrected chi connectivity index (χ2v) is 13.8. The van der Waals surface area contributed by atoms with E-state index in [0.29, 0.717) is 0 Å². The zero-order valence-corrected chi connectivity index (χ0v) is 31.6. The van der Waals surface area contributed by atoms with E-state index in [1.165, 1.54) is 5.39 Å². The summed E-state index contributed by atoms with van der Waals surface area (Å²) in [5, 5.41) is 3.44. The summed E-state index contributed by atoms with van der Waals surface area (Å²) in [6.45, 7) is 0. The molecule has 7 aromatic carbocycles. The van der Waals surface area contributed by atoms with Crippen LogP contribution in [0, 0.1) is 116 Å². The van der Waals surface area contributed by atoms with Crippen LogP contribution < -0.4 is 31.4 Å². The highest BCUT2D eigenvalue weighted by Crippen LogP contribution is 2.31. The molecule has 0 unspecified atom stereocenters. The first-order valence-electron chi connectivity index (χ1n) is 17.9. The molecular weight excluding hydrogens is 937 g/mol. The summed E-state index contributed by atoms with van der Waals surface area (Å²) in [5.74, 6) is -70.5. The fraction of sp³-hybridized carbons (Fsp3) is 0. The van der Waals surface area contributed by atoms with Crippen LogP contribution in [0.25, 0.3) is 21.7 Å². The Morgan fingerprint density at radius 1 is 0.288 bits per heavy atom. The van der Waals surface area contributed by atoms with Gasteiger partial charge in [-0.2, -0.15) is 0 Å². The van der Waals surface area contributed by atoms with Crippen molar-refractivity contribution in [3.05, 3.63) is 201 Å². The number of pyridine rings is 1. The summed E-state index contributed by atoms with van der Waals surface area (Å²) in [4.78, 5) is 6.12. The van der Waals surface area contributed by atoms with Gasteiger partial charge in [-0.3, -0.25) is 0 Å². The van der Waals surface area contributed by atoms with Crippen LogP contribution in [0.15, 0.2) is 85.1 Å². The molecule has 66 heavy (non-hydrogen) atoms. The topological polar surface area (TPSA) is 13.1 Å². The Kier molecular flexibility index (Phi) is 12.2. The van der Waals surface area contributed by atoms with Gasteiger partial charge in [0.25, 0.3) is 5.52 Å². The Bertz CT molecular complexity index is 2840. The van der Waals surface area contributed by atoms with Crippen LogP contribution >= 0.6 is 0 Å². The number of benzene rings is 7. The maximum atomic E-state index is 15.4. The highest BCUT2D eigenvalue weighted by Gasteiger charge is 2.52. The molecule has 0 aliphatic heterocycles. The van der Waals surface area contributed by atoms with Gasteiger partial charge in [0.2, 0.25) is 11.9 Å². The minimum absolute atomic E-state index is 0.856. The van der Waals surface area contributed by atoms with Crippen LogP contribution in [0.2, 0.25) is 0 Å². The number of aromatic nitrogens is 1. The molecule has 8 aromatic rings. The highest BCUT2D eigenvalue weighted by atomic mass is 19.2. The van der Waals surface area contributed by atoms with Gasteiger partial charge in [-0.1, -0.05) is 48.5 Å². The van der Waals surface area contributed by atoms with Crippen molar-refractivity contribution in [3.63, 3.8) is 0 Å². The van der Waals surface area contributed by atoms with Crippen LogP contribution in [-0.4, -0.2) is 6.15 Å². The molecule has 0 N–H and O–H groups in total. The molecule has 1 aromatic heterocycles. The maximum absolute atomic E-state index is 15.4. The second kappa shape index (κ2) is 17.2. The van der Waals surface area contributed by atoms with E-state index in [1.54, 1.807) is 0 Å². The van der Waals surface area contributed by atoms with Crippen LogP contribution in [0.4, 0.5) is 87.8 Å². The van der Waals surface area contributed by atoms with E-state index in [-0.39, 0.29) is 0 Å². The number of para-hydroxylation sites is 1. The van der Waals surface area contributed by atoms with Gasteiger partial charge >= 0.3 is 0 Å². The second-order valence-electron chi connectivity index (χ2n) is 13.8. The zero-order valence-electron chi connectivity index (χ0n) is 31.6.